The number of thioether (sulfide) groups is 1. The SMILES string of the molecule is Cc1cccc(-n2nc(C(C)(C)C)c3c2N(CC(=O)NCCN(C)C)C(=O)CS[C@H]3c2ccccc2C)c1. The molecule has 2 heterocycles. The summed E-state index contributed by atoms with van der Waals surface area (Å²) in [5, 5.41) is 8.06. The molecule has 0 radical (unpaired) electrons. The third kappa shape index (κ3) is 5.97. The second-order valence-corrected chi connectivity index (χ2v) is 12.4. The van der Waals surface area contributed by atoms with Crippen LogP contribution < -0.4 is 10.2 Å². The fraction of sp³-hybridized carbons (Fsp3) is 0.433. The van der Waals surface area contributed by atoms with Crippen molar-refractivity contribution >= 4 is 29.4 Å². The van der Waals surface area contributed by atoms with Gasteiger partial charge in [-0.05, 0) is 56.8 Å². The minimum Gasteiger partial charge on any atom is -0.353 e. The first-order chi connectivity index (χ1) is 18.0. The number of aryl methyl sites for hydroxylation is 2. The molecule has 1 aliphatic rings. The number of benzene rings is 2. The number of rotatable bonds is 7. The Morgan fingerprint density at radius 1 is 1.13 bits per heavy atom. The molecule has 1 atom stereocenters. The lowest BCUT2D eigenvalue weighted by Crippen LogP contribution is -2.43. The first-order valence-electron chi connectivity index (χ1n) is 13.1. The highest BCUT2D eigenvalue weighted by Gasteiger charge is 2.40. The molecule has 0 saturated carbocycles. The molecule has 1 N–H and O–H groups in total. The molecule has 0 bridgehead atoms. The molecule has 1 aromatic heterocycles. The molecule has 8 heteroatoms. The van der Waals surface area contributed by atoms with Gasteiger partial charge in [-0.2, -0.15) is 5.10 Å². The zero-order chi connectivity index (χ0) is 27.6. The van der Waals surface area contributed by atoms with Gasteiger partial charge in [-0.3, -0.25) is 14.5 Å². The van der Waals surface area contributed by atoms with Crippen molar-refractivity contribution in [1.82, 2.24) is 20.0 Å². The van der Waals surface area contributed by atoms with Crippen LogP contribution in [-0.2, 0) is 15.0 Å². The standard InChI is InChI=1S/C30H39N5O2S/c1-20-11-10-13-22(17-20)35-29-26(28(32-35)30(3,4)5)27(23-14-9-8-12-21(23)2)38-19-25(37)34(29)18-24(36)31-15-16-33(6)7/h8-14,17,27H,15-16,18-19H2,1-7H3,(H,31,36)/t27-/m0/s1. The summed E-state index contributed by atoms with van der Waals surface area (Å²) in [5.41, 5.74) is 5.96. The summed E-state index contributed by atoms with van der Waals surface area (Å²) >= 11 is 1.61. The number of fused-ring (bicyclic) bond motifs is 1. The Morgan fingerprint density at radius 2 is 1.87 bits per heavy atom. The predicted octanol–water partition coefficient (Wildman–Crippen LogP) is 4.63. The number of likely N-dealkylation sites (N-methyl/N-ethyl adjacent to an activating group) is 1. The van der Waals surface area contributed by atoms with Gasteiger partial charge in [-0.1, -0.05) is 57.2 Å². The Bertz CT molecular complexity index is 1320. The van der Waals surface area contributed by atoms with E-state index >= 15 is 0 Å². The van der Waals surface area contributed by atoms with Crippen LogP contribution in [0.4, 0.5) is 5.82 Å². The molecule has 0 saturated heterocycles. The lowest BCUT2D eigenvalue weighted by Gasteiger charge is -2.25. The van der Waals surface area contributed by atoms with Crippen LogP contribution in [0.1, 0.15) is 54.0 Å². The number of carbonyl (C=O) groups is 2. The quantitative estimate of drug-likeness (QED) is 0.479. The second-order valence-electron chi connectivity index (χ2n) is 11.3. The maximum Gasteiger partial charge on any atom is 0.240 e. The van der Waals surface area contributed by atoms with Crippen LogP contribution in [0.25, 0.3) is 5.69 Å². The molecule has 2 amide bonds. The number of nitrogens with zero attached hydrogens (tertiary/aromatic N) is 4. The van der Waals surface area contributed by atoms with Crippen molar-refractivity contribution in [2.45, 2.75) is 45.3 Å². The molecule has 0 fully saturated rings. The Morgan fingerprint density at radius 3 is 2.53 bits per heavy atom. The molecule has 1 aliphatic heterocycles. The van der Waals surface area contributed by atoms with E-state index < -0.39 is 0 Å². The highest BCUT2D eigenvalue weighted by molar-refractivity contribution is 8.00. The molecule has 0 unspecified atom stereocenters. The monoisotopic (exact) mass is 533 g/mol. The third-order valence-electron chi connectivity index (χ3n) is 6.70. The smallest absolute Gasteiger partial charge is 0.240 e. The van der Waals surface area contributed by atoms with Crippen molar-refractivity contribution in [2.75, 3.05) is 44.4 Å². The van der Waals surface area contributed by atoms with Crippen LogP contribution in [0.15, 0.2) is 48.5 Å². The molecular weight excluding hydrogens is 494 g/mol. The fourth-order valence-corrected chi connectivity index (χ4v) is 6.05. The number of aromatic nitrogens is 2. The molecule has 0 spiro atoms. The van der Waals surface area contributed by atoms with Gasteiger partial charge in [0.1, 0.15) is 12.4 Å². The minimum absolute atomic E-state index is 0.0542. The lowest BCUT2D eigenvalue weighted by atomic mass is 9.86. The lowest BCUT2D eigenvalue weighted by molar-refractivity contribution is -0.122. The summed E-state index contributed by atoms with van der Waals surface area (Å²) < 4.78 is 1.88. The Kier molecular flexibility index (Phi) is 8.33. The number of nitrogens with one attached hydrogen (secondary N) is 1. The van der Waals surface area contributed by atoms with Gasteiger partial charge in [0.2, 0.25) is 11.8 Å². The zero-order valence-corrected chi connectivity index (χ0v) is 24.4. The summed E-state index contributed by atoms with van der Waals surface area (Å²) in [5.74, 6) is 0.687. The number of anilines is 1. The van der Waals surface area contributed by atoms with E-state index in [2.05, 4.69) is 51.2 Å². The van der Waals surface area contributed by atoms with Gasteiger partial charge in [-0.15, -0.1) is 11.8 Å². The van der Waals surface area contributed by atoms with Crippen molar-refractivity contribution in [3.8, 4) is 5.69 Å². The summed E-state index contributed by atoms with van der Waals surface area (Å²) in [6, 6.07) is 16.5. The molecule has 2 aromatic carbocycles. The van der Waals surface area contributed by atoms with Gasteiger partial charge in [0.05, 0.1) is 22.4 Å². The fourth-order valence-electron chi connectivity index (χ4n) is 4.76. The summed E-state index contributed by atoms with van der Waals surface area (Å²) in [7, 11) is 3.93. The normalized spacial score (nSPS) is 15.9. The van der Waals surface area contributed by atoms with E-state index in [1.54, 1.807) is 16.7 Å². The van der Waals surface area contributed by atoms with Gasteiger partial charge in [0.25, 0.3) is 0 Å². The topological polar surface area (TPSA) is 70.5 Å². The Balaban J connectivity index is 1.94. The van der Waals surface area contributed by atoms with E-state index in [1.807, 2.05) is 60.9 Å². The van der Waals surface area contributed by atoms with Gasteiger partial charge in [0.15, 0.2) is 0 Å². The average molecular weight is 534 g/mol. The van der Waals surface area contributed by atoms with E-state index in [9.17, 15) is 9.59 Å². The van der Waals surface area contributed by atoms with Crippen molar-refractivity contribution in [3.63, 3.8) is 0 Å². The van der Waals surface area contributed by atoms with Crippen molar-refractivity contribution < 1.29 is 9.59 Å². The average Bonchev–Trinajstić information content (AvgIpc) is 3.18. The maximum absolute atomic E-state index is 13.7. The molecule has 3 aromatic rings. The van der Waals surface area contributed by atoms with E-state index in [0.29, 0.717) is 12.4 Å². The minimum atomic E-state index is -0.284. The van der Waals surface area contributed by atoms with E-state index in [1.165, 1.54) is 5.56 Å². The van der Waals surface area contributed by atoms with Crippen LogP contribution >= 0.6 is 11.8 Å². The number of carbonyl (C=O) groups excluding carboxylic acids is 2. The van der Waals surface area contributed by atoms with Crippen LogP contribution in [0, 0.1) is 13.8 Å². The van der Waals surface area contributed by atoms with Crippen LogP contribution in [0.2, 0.25) is 0 Å². The van der Waals surface area contributed by atoms with Crippen LogP contribution in [0.5, 0.6) is 0 Å². The van der Waals surface area contributed by atoms with Crippen molar-refractivity contribution in [1.29, 1.82) is 0 Å². The zero-order valence-electron chi connectivity index (χ0n) is 23.5. The Hall–Kier alpha value is -3.10. The highest BCUT2D eigenvalue weighted by atomic mass is 32.2. The highest BCUT2D eigenvalue weighted by Crippen LogP contribution is 2.49. The van der Waals surface area contributed by atoms with Crippen molar-refractivity contribution in [2.24, 2.45) is 0 Å². The maximum atomic E-state index is 13.7. The number of hydrogen-bond acceptors (Lipinski definition) is 5. The molecule has 0 aliphatic carbocycles. The third-order valence-corrected chi connectivity index (χ3v) is 7.94. The van der Waals surface area contributed by atoms with E-state index in [4.69, 9.17) is 5.10 Å². The summed E-state index contributed by atoms with van der Waals surface area (Å²) in [6.45, 7) is 11.8. The van der Waals surface area contributed by atoms with Crippen LogP contribution in [0.3, 0.4) is 0 Å². The first kappa shape index (κ1) is 27.9. The first-order valence-corrected chi connectivity index (χ1v) is 14.1. The van der Waals surface area contributed by atoms with Gasteiger partial charge < -0.3 is 10.2 Å². The molecule has 202 valence electrons. The van der Waals surface area contributed by atoms with Crippen LogP contribution in [-0.4, -0.2) is 66.0 Å². The van der Waals surface area contributed by atoms with Crippen molar-refractivity contribution in [3.05, 3.63) is 76.5 Å². The van der Waals surface area contributed by atoms with E-state index in [-0.39, 0.29) is 34.8 Å². The number of hydrogen-bond donors (Lipinski definition) is 1. The molecule has 4 rings (SSSR count). The predicted molar refractivity (Wildman–Crippen MR) is 156 cm³/mol. The van der Waals surface area contributed by atoms with Gasteiger partial charge in [-0.25, -0.2) is 4.68 Å². The summed E-state index contributed by atoms with van der Waals surface area (Å²) in [4.78, 5) is 30.5. The Labute approximate surface area is 230 Å². The second kappa shape index (κ2) is 11.3. The molecule has 7 nitrogen and oxygen atoms in total. The number of amides is 2. The summed E-state index contributed by atoms with van der Waals surface area (Å²) in [6.07, 6.45) is 0. The molecular formula is C30H39N5O2S. The van der Waals surface area contributed by atoms with E-state index in [0.717, 1.165) is 34.6 Å². The van der Waals surface area contributed by atoms with Gasteiger partial charge in [0, 0.05) is 24.1 Å². The van der Waals surface area contributed by atoms with Gasteiger partial charge >= 0.3 is 0 Å². The molecule has 38 heavy (non-hydrogen) atoms. The largest absolute Gasteiger partial charge is 0.353 e.